The normalized spacial score (nSPS) is 11.9. The van der Waals surface area contributed by atoms with Crippen LogP contribution in [0.15, 0.2) is 0 Å². The number of esters is 3. The van der Waals surface area contributed by atoms with Gasteiger partial charge in [-0.3, -0.25) is 14.4 Å². The zero-order chi connectivity index (χ0) is 51.4. The highest BCUT2D eigenvalue weighted by atomic mass is 16.6. The van der Waals surface area contributed by atoms with Gasteiger partial charge in [0.05, 0.1) is 0 Å². The van der Waals surface area contributed by atoms with Crippen LogP contribution in [-0.2, 0) is 28.6 Å². The van der Waals surface area contributed by atoms with Gasteiger partial charge in [-0.05, 0) is 19.3 Å². The Balaban J connectivity index is 4.15. The minimum absolute atomic E-state index is 0.0607. The van der Waals surface area contributed by atoms with Crippen molar-refractivity contribution in [1.82, 2.24) is 0 Å². The van der Waals surface area contributed by atoms with E-state index in [9.17, 15) is 14.4 Å². The number of carbonyl (C=O) groups excluding carboxylic acids is 3. The SMILES string of the molecule is CCCCCCCCCCCCCCCCCCCCCCCCCCCC(=O)OCC(COC(=O)CCCCCCCCCCCCC)OC(=O)CCCCCCCCCCCCCCCCCCC. The summed E-state index contributed by atoms with van der Waals surface area (Å²) in [6.07, 6.45) is 69.8. The van der Waals surface area contributed by atoms with Crippen LogP contribution in [0.3, 0.4) is 0 Å². The van der Waals surface area contributed by atoms with Gasteiger partial charge in [-0.2, -0.15) is 0 Å². The minimum atomic E-state index is -0.761. The fourth-order valence-electron chi connectivity index (χ4n) is 10.2. The van der Waals surface area contributed by atoms with E-state index in [1.807, 2.05) is 0 Å². The molecular formula is C65H126O6. The van der Waals surface area contributed by atoms with Gasteiger partial charge in [0.25, 0.3) is 0 Å². The first-order valence-electron chi connectivity index (χ1n) is 32.5. The topological polar surface area (TPSA) is 78.9 Å². The van der Waals surface area contributed by atoms with Crippen molar-refractivity contribution in [2.45, 2.75) is 386 Å². The number of carbonyl (C=O) groups is 3. The monoisotopic (exact) mass is 1000 g/mol. The molecule has 6 nitrogen and oxygen atoms in total. The molecule has 0 saturated carbocycles. The van der Waals surface area contributed by atoms with Crippen LogP contribution in [0.1, 0.15) is 380 Å². The number of hydrogen-bond acceptors (Lipinski definition) is 6. The van der Waals surface area contributed by atoms with E-state index in [1.54, 1.807) is 0 Å². The van der Waals surface area contributed by atoms with Crippen molar-refractivity contribution in [2.75, 3.05) is 13.2 Å². The molecule has 0 aromatic carbocycles. The molecule has 0 aromatic rings. The number of rotatable bonds is 61. The van der Waals surface area contributed by atoms with Crippen molar-refractivity contribution in [3.63, 3.8) is 0 Å². The average Bonchev–Trinajstić information content (AvgIpc) is 3.37. The third-order valence-corrected chi connectivity index (χ3v) is 15.1. The molecule has 0 aliphatic heterocycles. The summed E-state index contributed by atoms with van der Waals surface area (Å²) in [6.45, 7) is 6.72. The predicted octanol–water partition coefficient (Wildman–Crippen LogP) is 21.9. The Kier molecular flexibility index (Phi) is 59.6. The van der Waals surface area contributed by atoms with Gasteiger partial charge in [-0.1, -0.05) is 342 Å². The molecule has 0 saturated heterocycles. The smallest absolute Gasteiger partial charge is 0.306 e. The summed E-state index contributed by atoms with van der Waals surface area (Å²) in [5.41, 5.74) is 0. The van der Waals surface area contributed by atoms with Crippen molar-refractivity contribution >= 4 is 17.9 Å². The lowest BCUT2D eigenvalue weighted by Gasteiger charge is -2.18. The van der Waals surface area contributed by atoms with E-state index in [0.29, 0.717) is 19.3 Å². The Morgan fingerprint density at radius 3 is 0.563 bits per heavy atom. The molecule has 0 radical (unpaired) electrons. The first kappa shape index (κ1) is 69.4. The van der Waals surface area contributed by atoms with Crippen molar-refractivity contribution in [1.29, 1.82) is 0 Å². The van der Waals surface area contributed by atoms with Crippen LogP contribution in [0, 0.1) is 0 Å². The molecule has 422 valence electrons. The molecule has 71 heavy (non-hydrogen) atoms. The molecule has 0 fully saturated rings. The first-order chi connectivity index (χ1) is 35.0. The predicted molar refractivity (Wildman–Crippen MR) is 307 cm³/mol. The van der Waals surface area contributed by atoms with E-state index in [-0.39, 0.29) is 31.1 Å². The third kappa shape index (κ3) is 59.2. The van der Waals surface area contributed by atoms with Crippen molar-refractivity contribution in [3.8, 4) is 0 Å². The van der Waals surface area contributed by atoms with E-state index < -0.39 is 6.10 Å². The second-order valence-corrected chi connectivity index (χ2v) is 22.4. The maximum Gasteiger partial charge on any atom is 0.306 e. The summed E-state index contributed by atoms with van der Waals surface area (Å²) in [5, 5.41) is 0. The van der Waals surface area contributed by atoms with Crippen molar-refractivity contribution < 1.29 is 28.6 Å². The van der Waals surface area contributed by atoms with Gasteiger partial charge in [0.15, 0.2) is 6.10 Å². The quantitative estimate of drug-likeness (QED) is 0.0343. The highest BCUT2D eigenvalue weighted by Gasteiger charge is 2.19. The van der Waals surface area contributed by atoms with Crippen LogP contribution in [0.25, 0.3) is 0 Å². The molecule has 0 rings (SSSR count). The summed E-state index contributed by atoms with van der Waals surface area (Å²) in [7, 11) is 0. The fourth-order valence-corrected chi connectivity index (χ4v) is 10.2. The minimum Gasteiger partial charge on any atom is -0.462 e. The average molecular weight is 1000 g/mol. The van der Waals surface area contributed by atoms with Gasteiger partial charge in [0, 0.05) is 19.3 Å². The molecule has 1 unspecified atom stereocenters. The molecule has 0 aliphatic carbocycles. The molecule has 0 aliphatic rings. The Morgan fingerprint density at radius 2 is 0.380 bits per heavy atom. The molecule has 0 heterocycles. The largest absolute Gasteiger partial charge is 0.462 e. The van der Waals surface area contributed by atoms with Gasteiger partial charge in [0.2, 0.25) is 0 Å². The molecule has 0 aromatic heterocycles. The second kappa shape index (κ2) is 61.0. The molecule has 0 N–H and O–H groups in total. The van der Waals surface area contributed by atoms with Crippen LogP contribution in [-0.4, -0.2) is 37.2 Å². The molecule has 0 bridgehead atoms. The summed E-state index contributed by atoms with van der Waals surface area (Å²) in [4.78, 5) is 38.2. The Hall–Kier alpha value is -1.59. The molecule has 1 atom stereocenters. The zero-order valence-corrected chi connectivity index (χ0v) is 48.5. The van der Waals surface area contributed by atoms with Crippen LogP contribution >= 0.6 is 0 Å². The lowest BCUT2D eigenvalue weighted by atomic mass is 10.0. The van der Waals surface area contributed by atoms with E-state index in [1.165, 1.54) is 283 Å². The molecular weight excluding hydrogens is 877 g/mol. The molecule has 6 heteroatoms. The first-order valence-corrected chi connectivity index (χ1v) is 32.5. The Morgan fingerprint density at radius 1 is 0.225 bits per heavy atom. The zero-order valence-electron chi connectivity index (χ0n) is 48.5. The Labute approximate surface area is 444 Å². The van der Waals surface area contributed by atoms with Crippen LogP contribution in [0.4, 0.5) is 0 Å². The van der Waals surface area contributed by atoms with Crippen molar-refractivity contribution in [3.05, 3.63) is 0 Å². The lowest BCUT2D eigenvalue weighted by Crippen LogP contribution is -2.30. The number of unbranched alkanes of at least 4 members (excludes halogenated alkanes) is 50. The highest BCUT2D eigenvalue weighted by molar-refractivity contribution is 5.71. The molecule has 0 spiro atoms. The highest BCUT2D eigenvalue weighted by Crippen LogP contribution is 2.19. The maximum absolute atomic E-state index is 12.9. The van der Waals surface area contributed by atoms with Crippen molar-refractivity contribution in [2.24, 2.45) is 0 Å². The van der Waals surface area contributed by atoms with Gasteiger partial charge >= 0.3 is 17.9 Å². The lowest BCUT2D eigenvalue weighted by molar-refractivity contribution is -0.167. The maximum atomic E-state index is 12.9. The summed E-state index contributed by atoms with van der Waals surface area (Å²) >= 11 is 0. The number of ether oxygens (including phenoxy) is 3. The van der Waals surface area contributed by atoms with Crippen LogP contribution < -0.4 is 0 Å². The van der Waals surface area contributed by atoms with E-state index >= 15 is 0 Å². The number of hydrogen-bond donors (Lipinski definition) is 0. The van der Waals surface area contributed by atoms with Crippen LogP contribution in [0.2, 0.25) is 0 Å². The summed E-state index contributed by atoms with van der Waals surface area (Å²) < 4.78 is 16.9. The fraction of sp³-hybridized carbons (Fsp3) is 0.954. The second-order valence-electron chi connectivity index (χ2n) is 22.4. The van der Waals surface area contributed by atoms with Gasteiger partial charge in [-0.25, -0.2) is 0 Å². The van der Waals surface area contributed by atoms with Crippen LogP contribution in [0.5, 0.6) is 0 Å². The van der Waals surface area contributed by atoms with Gasteiger partial charge in [0.1, 0.15) is 13.2 Å². The van der Waals surface area contributed by atoms with Gasteiger partial charge in [-0.15, -0.1) is 0 Å². The summed E-state index contributed by atoms with van der Waals surface area (Å²) in [5.74, 6) is -0.828. The van der Waals surface area contributed by atoms with Gasteiger partial charge < -0.3 is 14.2 Å². The van der Waals surface area contributed by atoms with E-state index in [2.05, 4.69) is 20.8 Å². The Bertz CT molecular complexity index is 1060. The third-order valence-electron chi connectivity index (χ3n) is 15.1. The van der Waals surface area contributed by atoms with E-state index in [4.69, 9.17) is 14.2 Å². The standard InChI is InChI=1S/C65H126O6/c1-4-7-10-13-16-19-22-24-26-28-29-30-31-32-33-34-35-37-38-40-43-46-49-52-55-58-64(67)70-61-62(60-69-63(66)57-54-51-48-45-42-21-18-15-12-9-6-3)71-65(68)59-56-53-50-47-44-41-39-36-27-25-23-20-17-14-11-8-5-2/h62H,4-61H2,1-3H3. The van der Waals surface area contributed by atoms with E-state index in [0.717, 1.165) is 57.8 Å². The molecule has 0 amide bonds. The summed E-state index contributed by atoms with van der Waals surface area (Å²) in [6, 6.07) is 0.